The van der Waals surface area contributed by atoms with Gasteiger partial charge in [-0.3, -0.25) is 0 Å². The molecule has 2 unspecified atom stereocenters. The van der Waals surface area contributed by atoms with Crippen molar-refractivity contribution in [3.05, 3.63) is 35.9 Å². The molecule has 0 saturated heterocycles. The molecule has 0 bridgehead atoms. The van der Waals surface area contributed by atoms with Crippen LogP contribution < -0.4 is 0 Å². The number of halogens is 1. The molecule has 0 fully saturated rings. The van der Waals surface area contributed by atoms with Crippen molar-refractivity contribution in [1.82, 2.24) is 0 Å². The van der Waals surface area contributed by atoms with Gasteiger partial charge in [-0.2, -0.15) is 0 Å². The third-order valence-corrected chi connectivity index (χ3v) is 4.89. The zero-order valence-corrected chi connectivity index (χ0v) is 14.1. The summed E-state index contributed by atoms with van der Waals surface area (Å²) in [5, 5.41) is 1.08. The van der Waals surface area contributed by atoms with Crippen molar-refractivity contribution in [2.24, 2.45) is 11.3 Å². The van der Waals surface area contributed by atoms with Gasteiger partial charge in [-0.15, -0.1) is 0 Å². The first-order chi connectivity index (χ1) is 9.09. The zero-order valence-electron chi connectivity index (χ0n) is 12.5. The fourth-order valence-corrected chi connectivity index (χ4v) is 3.19. The predicted molar refractivity (Wildman–Crippen MR) is 86.7 cm³/mol. The lowest BCUT2D eigenvalue weighted by Gasteiger charge is -2.30. The fraction of sp³-hybridized carbons (Fsp3) is 0.647. The lowest BCUT2D eigenvalue weighted by Crippen LogP contribution is -2.23. The molecule has 1 rings (SSSR count). The Labute approximate surface area is 126 Å². The van der Waals surface area contributed by atoms with Gasteiger partial charge in [0, 0.05) is 11.9 Å². The van der Waals surface area contributed by atoms with Gasteiger partial charge < -0.3 is 4.74 Å². The van der Waals surface area contributed by atoms with E-state index in [0.29, 0.717) is 11.3 Å². The minimum atomic E-state index is 0.407. The van der Waals surface area contributed by atoms with Crippen LogP contribution in [0.1, 0.15) is 45.6 Å². The maximum absolute atomic E-state index is 5.83. The highest BCUT2D eigenvalue weighted by atomic mass is 79.9. The molecule has 1 aromatic carbocycles. The minimum absolute atomic E-state index is 0.407. The van der Waals surface area contributed by atoms with E-state index in [0.717, 1.165) is 18.5 Å². The monoisotopic (exact) mass is 326 g/mol. The molecule has 0 aliphatic rings. The van der Waals surface area contributed by atoms with Gasteiger partial charge in [0.2, 0.25) is 0 Å². The number of hydrogen-bond acceptors (Lipinski definition) is 1. The molecule has 0 aliphatic carbocycles. The number of alkyl halides is 1. The summed E-state index contributed by atoms with van der Waals surface area (Å²) in [7, 11) is 0. The lowest BCUT2D eigenvalue weighted by molar-refractivity contribution is 0.0752. The lowest BCUT2D eigenvalue weighted by atomic mass is 9.80. The smallest absolute Gasteiger partial charge is 0.0717 e. The summed E-state index contributed by atoms with van der Waals surface area (Å²) in [6.07, 6.45) is 3.75. The summed E-state index contributed by atoms with van der Waals surface area (Å²) >= 11 is 3.67. The van der Waals surface area contributed by atoms with Crippen molar-refractivity contribution in [2.45, 2.75) is 46.6 Å². The average Bonchev–Trinajstić information content (AvgIpc) is 2.40. The minimum Gasteiger partial charge on any atom is -0.376 e. The Morgan fingerprint density at radius 2 is 1.95 bits per heavy atom. The van der Waals surface area contributed by atoms with Crippen LogP contribution in [-0.2, 0) is 11.3 Å². The van der Waals surface area contributed by atoms with Gasteiger partial charge in [0.25, 0.3) is 0 Å². The summed E-state index contributed by atoms with van der Waals surface area (Å²) in [4.78, 5) is 0. The Bertz CT molecular complexity index is 338. The Morgan fingerprint density at radius 1 is 1.26 bits per heavy atom. The molecule has 0 radical (unpaired) electrons. The molecular formula is C17H27BrO. The SMILES string of the molecule is CCCC(C)(CBr)CC(C)COCc1ccccc1. The van der Waals surface area contributed by atoms with Crippen LogP contribution in [-0.4, -0.2) is 11.9 Å². The molecule has 1 aromatic rings. The molecular weight excluding hydrogens is 300 g/mol. The standard InChI is InChI=1S/C17H27BrO/c1-4-10-17(3,14-18)11-15(2)12-19-13-16-8-6-5-7-9-16/h5-9,15H,4,10-14H2,1-3H3. The topological polar surface area (TPSA) is 9.23 Å². The van der Waals surface area contributed by atoms with Crippen LogP contribution in [0.15, 0.2) is 30.3 Å². The molecule has 2 heteroatoms. The Hall–Kier alpha value is -0.340. The fourth-order valence-electron chi connectivity index (χ4n) is 2.68. The van der Waals surface area contributed by atoms with Crippen LogP contribution in [0.3, 0.4) is 0 Å². The van der Waals surface area contributed by atoms with Crippen LogP contribution in [0.25, 0.3) is 0 Å². The molecule has 0 heterocycles. The van der Waals surface area contributed by atoms with E-state index in [1.807, 2.05) is 6.07 Å². The summed E-state index contributed by atoms with van der Waals surface area (Å²) in [6.45, 7) is 8.50. The van der Waals surface area contributed by atoms with Crippen molar-refractivity contribution in [2.75, 3.05) is 11.9 Å². The highest BCUT2D eigenvalue weighted by Gasteiger charge is 2.24. The molecule has 108 valence electrons. The summed E-state index contributed by atoms with van der Waals surface area (Å²) in [5.74, 6) is 0.609. The van der Waals surface area contributed by atoms with Crippen molar-refractivity contribution in [3.63, 3.8) is 0 Å². The molecule has 0 aromatic heterocycles. The van der Waals surface area contributed by atoms with Crippen molar-refractivity contribution in [1.29, 1.82) is 0 Å². The molecule has 0 aliphatic heterocycles. The third kappa shape index (κ3) is 6.58. The van der Waals surface area contributed by atoms with Gasteiger partial charge in [-0.1, -0.05) is 73.5 Å². The van der Waals surface area contributed by atoms with Crippen molar-refractivity contribution >= 4 is 15.9 Å². The van der Waals surface area contributed by atoms with Gasteiger partial charge >= 0.3 is 0 Å². The second kappa shape index (κ2) is 8.76. The summed E-state index contributed by atoms with van der Waals surface area (Å²) in [6, 6.07) is 10.4. The van der Waals surface area contributed by atoms with Gasteiger partial charge in [0.15, 0.2) is 0 Å². The van der Waals surface area contributed by atoms with Crippen LogP contribution in [0.5, 0.6) is 0 Å². The predicted octanol–water partition coefficient (Wildman–Crippen LogP) is 5.43. The maximum atomic E-state index is 5.83. The van der Waals surface area contributed by atoms with E-state index < -0.39 is 0 Å². The summed E-state index contributed by atoms with van der Waals surface area (Å²) < 4.78 is 5.83. The van der Waals surface area contributed by atoms with Gasteiger partial charge in [-0.05, 0) is 29.7 Å². The van der Waals surface area contributed by atoms with Crippen LogP contribution in [0, 0.1) is 11.3 Å². The number of benzene rings is 1. The molecule has 1 nitrogen and oxygen atoms in total. The molecule has 19 heavy (non-hydrogen) atoms. The van der Waals surface area contributed by atoms with Gasteiger partial charge in [-0.25, -0.2) is 0 Å². The van der Waals surface area contributed by atoms with E-state index in [9.17, 15) is 0 Å². The van der Waals surface area contributed by atoms with Gasteiger partial charge in [0.1, 0.15) is 0 Å². The second-order valence-corrected chi connectivity index (χ2v) is 6.57. The molecule has 0 N–H and O–H groups in total. The summed E-state index contributed by atoms with van der Waals surface area (Å²) in [5.41, 5.74) is 1.66. The van der Waals surface area contributed by atoms with Crippen LogP contribution in [0.2, 0.25) is 0 Å². The zero-order chi connectivity index (χ0) is 14.1. The Kier molecular flexibility index (Phi) is 7.70. The van der Waals surface area contributed by atoms with E-state index >= 15 is 0 Å². The van der Waals surface area contributed by atoms with Crippen molar-refractivity contribution < 1.29 is 4.74 Å². The number of hydrogen-bond donors (Lipinski definition) is 0. The highest BCUT2D eigenvalue weighted by Crippen LogP contribution is 2.33. The Balaban J connectivity index is 2.29. The average molecular weight is 327 g/mol. The van der Waals surface area contributed by atoms with Crippen LogP contribution in [0.4, 0.5) is 0 Å². The molecule has 2 atom stereocenters. The number of ether oxygens (including phenoxy) is 1. The quantitative estimate of drug-likeness (QED) is 0.550. The molecule has 0 saturated carbocycles. The first-order valence-electron chi connectivity index (χ1n) is 7.27. The second-order valence-electron chi connectivity index (χ2n) is 6.00. The van der Waals surface area contributed by atoms with E-state index in [1.165, 1.54) is 24.8 Å². The molecule has 0 amide bonds. The van der Waals surface area contributed by atoms with Crippen molar-refractivity contribution in [3.8, 4) is 0 Å². The Morgan fingerprint density at radius 3 is 2.53 bits per heavy atom. The van der Waals surface area contributed by atoms with E-state index in [-0.39, 0.29) is 0 Å². The largest absolute Gasteiger partial charge is 0.376 e. The van der Waals surface area contributed by atoms with Crippen LogP contribution >= 0.6 is 15.9 Å². The van der Waals surface area contributed by atoms with E-state index in [2.05, 4.69) is 61.0 Å². The third-order valence-electron chi connectivity index (χ3n) is 3.53. The van der Waals surface area contributed by atoms with Gasteiger partial charge in [0.05, 0.1) is 6.61 Å². The first-order valence-corrected chi connectivity index (χ1v) is 8.39. The first kappa shape index (κ1) is 16.7. The highest BCUT2D eigenvalue weighted by molar-refractivity contribution is 9.09. The number of rotatable bonds is 9. The normalized spacial score (nSPS) is 16.0. The van der Waals surface area contributed by atoms with E-state index in [4.69, 9.17) is 4.74 Å². The maximum Gasteiger partial charge on any atom is 0.0717 e. The molecule has 0 spiro atoms. The van der Waals surface area contributed by atoms with E-state index in [1.54, 1.807) is 0 Å².